The fraction of sp³-hybridized carbons (Fsp3) is 0.0667. The lowest BCUT2D eigenvalue weighted by Gasteiger charge is -2.08. The number of benzene rings is 2. The molecule has 0 bridgehead atoms. The number of anilines is 3. The molecule has 0 fully saturated rings. The van der Waals surface area contributed by atoms with Crippen LogP contribution < -0.4 is 11.1 Å². The summed E-state index contributed by atoms with van der Waals surface area (Å²) in [5, 5.41) is 8.10. The highest BCUT2D eigenvalue weighted by Gasteiger charge is 2.09. The van der Waals surface area contributed by atoms with Crippen LogP contribution in [0.25, 0.3) is 0 Å². The maximum absolute atomic E-state index is 5.89. The van der Waals surface area contributed by atoms with Gasteiger partial charge in [-0.1, -0.05) is 39.7 Å². The van der Waals surface area contributed by atoms with Crippen LogP contribution in [0.4, 0.5) is 17.6 Å². The van der Waals surface area contributed by atoms with E-state index in [0.717, 1.165) is 15.7 Å². The fourth-order valence-electron chi connectivity index (χ4n) is 2.03. The summed E-state index contributed by atoms with van der Waals surface area (Å²) >= 11 is 9.35. The van der Waals surface area contributed by atoms with Crippen LogP contribution in [0.2, 0.25) is 5.02 Å². The van der Waals surface area contributed by atoms with Crippen molar-refractivity contribution in [2.24, 2.45) is 0 Å². The van der Waals surface area contributed by atoms with E-state index in [1.165, 1.54) is 0 Å². The lowest BCUT2D eigenvalue weighted by Crippen LogP contribution is -2.07. The molecule has 112 valence electrons. The highest BCUT2D eigenvalue weighted by atomic mass is 79.9. The molecule has 0 atom stereocenters. The summed E-state index contributed by atoms with van der Waals surface area (Å²) in [6.07, 6.45) is 0. The minimum atomic E-state index is 0.228. The Morgan fingerprint density at radius 1 is 1.18 bits per heavy atom. The van der Waals surface area contributed by atoms with E-state index in [4.69, 9.17) is 17.3 Å². The van der Waals surface area contributed by atoms with Gasteiger partial charge >= 0.3 is 0 Å². The molecule has 0 aliphatic heterocycles. The minimum Gasteiger partial charge on any atom is -0.366 e. The number of aromatic nitrogens is 3. The van der Waals surface area contributed by atoms with E-state index in [1.807, 2.05) is 48.5 Å². The molecule has 0 aliphatic rings. The van der Waals surface area contributed by atoms with Gasteiger partial charge in [0.1, 0.15) is 0 Å². The molecule has 0 saturated carbocycles. The van der Waals surface area contributed by atoms with Gasteiger partial charge in [-0.15, -0.1) is 5.10 Å². The number of hydrogen-bond acceptors (Lipinski definition) is 4. The van der Waals surface area contributed by atoms with Gasteiger partial charge in [0, 0.05) is 15.2 Å². The molecule has 0 saturated heterocycles. The largest absolute Gasteiger partial charge is 0.366 e. The number of halogens is 2. The summed E-state index contributed by atoms with van der Waals surface area (Å²) in [6.45, 7) is 0.569. The van der Waals surface area contributed by atoms with E-state index in [0.29, 0.717) is 17.5 Å². The lowest BCUT2D eigenvalue weighted by molar-refractivity contribution is 0.697. The molecule has 7 heteroatoms. The minimum absolute atomic E-state index is 0.228. The van der Waals surface area contributed by atoms with Gasteiger partial charge in [-0.3, -0.25) is 0 Å². The Morgan fingerprint density at radius 2 is 1.95 bits per heavy atom. The smallest absolute Gasteiger partial charge is 0.241 e. The number of hydrogen-bond donors (Lipinski definition) is 2. The molecule has 3 aromatic rings. The summed E-state index contributed by atoms with van der Waals surface area (Å²) < 4.78 is 2.75. The predicted molar refractivity (Wildman–Crippen MR) is 92.4 cm³/mol. The highest BCUT2D eigenvalue weighted by Crippen LogP contribution is 2.20. The van der Waals surface area contributed by atoms with Crippen molar-refractivity contribution < 1.29 is 0 Å². The molecular formula is C15H13BrClN5. The van der Waals surface area contributed by atoms with Crippen molar-refractivity contribution in [3.63, 3.8) is 0 Å². The zero-order chi connectivity index (χ0) is 15.5. The van der Waals surface area contributed by atoms with E-state index in [1.54, 1.807) is 4.68 Å². The van der Waals surface area contributed by atoms with Crippen molar-refractivity contribution in [2.45, 2.75) is 6.54 Å². The Morgan fingerprint density at radius 3 is 2.68 bits per heavy atom. The summed E-state index contributed by atoms with van der Waals surface area (Å²) in [7, 11) is 0. The standard InChI is InChI=1S/C15H13BrClN5/c16-11-3-1-2-10(8-11)9-22-15(20-14(18)21-22)19-13-6-4-12(17)5-7-13/h1-8H,9H2,(H3,18,19,20,21). The maximum atomic E-state index is 5.89. The zero-order valence-corrected chi connectivity index (χ0v) is 13.8. The van der Waals surface area contributed by atoms with Crippen LogP contribution in [-0.4, -0.2) is 14.8 Å². The fourth-order valence-corrected chi connectivity index (χ4v) is 2.61. The van der Waals surface area contributed by atoms with Gasteiger partial charge in [-0.2, -0.15) is 4.98 Å². The summed E-state index contributed by atoms with van der Waals surface area (Å²) in [4.78, 5) is 4.22. The van der Waals surface area contributed by atoms with Gasteiger partial charge in [0.25, 0.3) is 0 Å². The van der Waals surface area contributed by atoms with Crippen molar-refractivity contribution in [2.75, 3.05) is 11.1 Å². The quantitative estimate of drug-likeness (QED) is 0.718. The van der Waals surface area contributed by atoms with E-state index < -0.39 is 0 Å². The maximum Gasteiger partial charge on any atom is 0.241 e. The molecule has 1 heterocycles. The lowest BCUT2D eigenvalue weighted by atomic mass is 10.2. The molecular weight excluding hydrogens is 366 g/mol. The second-order valence-corrected chi connectivity index (χ2v) is 6.07. The van der Waals surface area contributed by atoms with Gasteiger partial charge in [-0.25, -0.2) is 4.68 Å². The average Bonchev–Trinajstić information content (AvgIpc) is 2.81. The van der Waals surface area contributed by atoms with Crippen LogP contribution in [-0.2, 0) is 6.54 Å². The van der Waals surface area contributed by atoms with Crippen LogP contribution in [0.5, 0.6) is 0 Å². The first-order chi connectivity index (χ1) is 10.6. The highest BCUT2D eigenvalue weighted by molar-refractivity contribution is 9.10. The second kappa shape index (κ2) is 6.37. The normalized spacial score (nSPS) is 10.6. The van der Waals surface area contributed by atoms with E-state index in [9.17, 15) is 0 Å². The zero-order valence-electron chi connectivity index (χ0n) is 11.5. The van der Waals surface area contributed by atoms with Crippen molar-refractivity contribution in [1.29, 1.82) is 0 Å². The van der Waals surface area contributed by atoms with Gasteiger partial charge in [0.15, 0.2) is 0 Å². The molecule has 3 rings (SSSR count). The predicted octanol–water partition coefficient (Wildman–Crippen LogP) is 4.07. The number of nitrogens with zero attached hydrogens (tertiary/aromatic N) is 3. The number of nitrogens with two attached hydrogens (primary N) is 1. The van der Waals surface area contributed by atoms with Crippen molar-refractivity contribution >= 4 is 45.1 Å². The Bertz CT molecular complexity index is 785. The van der Waals surface area contributed by atoms with E-state index in [-0.39, 0.29) is 5.95 Å². The van der Waals surface area contributed by atoms with Crippen LogP contribution in [0.1, 0.15) is 5.56 Å². The molecule has 2 aromatic carbocycles. The summed E-state index contributed by atoms with van der Waals surface area (Å²) in [5.74, 6) is 0.811. The molecule has 0 radical (unpaired) electrons. The topological polar surface area (TPSA) is 68.8 Å². The molecule has 5 nitrogen and oxygen atoms in total. The first kappa shape index (κ1) is 14.9. The van der Waals surface area contributed by atoms with Crippen LogP contribution in [0, 0.1) is 0 Å². The Balaban J connectivity index is 1.84. The van der Waals surface area contributed by atoms with Crippen molar-refractivity contribution in [1.82, 2.24) is 14.8 Å². The first-order valence-corrected chi connectivity index (χ1v) is 7.74. The Kier molecular flexibility index (Phi) is 4.31. The molecule has 0 amide bonds. The third-order valence-electron chi connectivity index (χ3n) is 3.01. The van der Waals surface area contributed by atoms with Crippen molar-refractivity contribution in [3.8, 4) is 0 Å². The van der Waals surface area contributed by atoms with Crippen LogP contribution in [0.3, 0.4) is 0 Å². The molecule has 3 N–H and O–H groups in total. The Hall–Kier alpha value is -2.05. The van der Waals surface area contributed by atoms with E-state index in [2.05, 4.69) is 31.3 Å². The van der Waals surface area contributed by atoms with Crippen LogP contribution >= 0.6 is 27.5 Å². The monoisotopic (exact) mass is 377 g/mol. The van der Waals surface area contributed by atoms with Crippen molar-refractivity contribution in [3.05, 3.63) is 63.6 Å². The molecule has 22 heavy (non-hydrogen) atoms. The SMILES string of the molecule is Nc1nc(Nc2ccc(Cl)cc2)n(Cc2cccc(Br)c2)n1. The van der Waals surface area contributed by atoms with Gasteiger partial charge < -0.3 is 11.1 Å². The van der Waals surface area contributed by atoms with E-state index >= 15 is 0 Å². The molecule has 0 unspecified atom stereocenters. The van der Waals surface area contributed by atoms with Gasteiger partial charge in [0.05, 0.1) is 6.54 Å². The number of nitrogen functional groups attached to an aromatic ring is 1. The molecule has 0 spiro atoms. The second-order valence-electron chi connectivity index (χ2n) is 4.71. The average molecular weight is 379 g/mol. The molecule has 1 aromatic heterocycles. The third kappa shape index (κ3) is 3.58. The number of nitrogens with one attached hydrogen (secondary N) is 1. The Labute approximate surface area is 141 Å². The summed E-state index contributed by atoms with van der Waals surface area (Å²) in [6, 6.07) is 15.4. The number of rotatable bonds is 4. The molecule has 0 aliphatic carbocycles. The third-order valence-corrected chi connectivity index (χ3v) is 3.76. The first-order valence-electron chi connectivity index (χ1n) is 6.57. The summed E-state index contributed by atoms with van der Waals surface area (Å²) in [5.41, 5.74) is 7.69. The van der Waals surface area contributed by atoms with Gasteiger partial charge in [-0.05, 0) is 42.0 Å². The van der Waals surface area contributed by atoms with Crippen LogP contribution in [0.15, 0.2) is 53.0 Å². The van der Waals surface area contributed by atoms with Gasteiger partial charge in [0.2, 0.25) is 11.9 Å².